The van der Waals surface area contributed by atoms with Crippen molar-refractivity contribution in [3.8, 4) is 5.75 Å². The molecule has 174 valence electrons. The molecule has 0 saturated carbocycles. The zero-order valence-electron chi connectivity index (χ0n) is 19.4. The largest absolute Gasteiger partial charge is 0.544 e. The number of anilines is 1. The fraction of sp³-hybridized carbons (Fsp3) is 0.222. The van der Waals surface area contributed by atoms with Gasteiger partial charge < -0.3 is 24.3 Å². The lowest BCUT2D eigenvalue weighted by Crippen LogP contribution is -2.44. The van der Waals surface area contributed by atoms with Crippen molar-refractivity contribution >= 4 is 45.2 Å². The number of nitrogens with zero attached hydrogens (tertiary/aromatic N) is 2. The van der Waals surface area contributed by atoms with Gasteiger partial charge in [-0.25, -0.2) is 4.79 Å². The van der Waals surface area contributed by atoms with E-state index in [1.54, 1.807) is 24.4 Å². The van der Waals surface area contributed by atoms with E-state index in [0.29, 0.717) is 27.6 Å². The lowest BCUT2D eigenvalue weighted by atomic mass is 10.0. The number of benzene rings is 2. The number of phenolic OH excluding ortho intramolecular Hbond substituents is 1. The van der Waals surface area contributed by atoms with Crippen molar-refractivity contribution in [2.45, 2.75) is 27.3 Å². The van der Waals surface area contributed by atoms with Gasteiger partial charge in [-0.3, -0.25) is 0 Å². The number of carbonyl (C=O) groups is 1. The van der Waals surface area contributed by atoms with Crippen LogP contribution < -0.4 is 20.2 Å². The topological polar surface area (TPSA) is 97.7 Å². The van der Waals surface area contributed by atoms with E-state index in [2.05, 4.69) is 18.7 Å². The molecule has 34 heavy (non-hydrogen) atoms. The lowest BCUT2D eigenvalue weighted by Gasteiger charge is -2.21. The van der Waals surface area contributed by atoms with Crippen molar-refractivity contribution in [2.24, 2.45) is 0 Å². The van der Waals surface area contributed by atoms with Crippen LogP contribution in [0.2, 0.25) is 0 Å². The standard InChI is InChI=1S/C27H26N2O5/c1-4-28(5-2)20-10-9-19-14-22(27(33)34-24(19)15-20)17(3)13-18-11-12-29(16-25(31)32)26-21(18)7-6-8-23(26)30/h6-15H,4-5,16H2,1-3H3,(H-,30,31,32). The van der Waals surface area contributed by atoms with E-state index < -0.39 is 11.6 Å². The molecule has 0 radical (unpaired) electrons. The van der Waals surface area contributed by atoms with Gasteiger partial charge in [0.1, 0.15) is 11.6 Å². The second-order valence-corrected chi connectivity index (χ2v) is 8.11. The predicted molar refractivity (Wildman–Crippen MR) is 130 cm³/mol. The quantitative estimate of drug-likeness (QED) is 0.338. The summed E-state index contributed by atoms with van der Waals surface area (Å²) in [5.74, 6) is -1.30. The van der Waals surface area contributed by atoms with Crippen molar-refractivity contribution in [1.29, 1.82) is 0 Å². The van der Waals surface area contributed by atoms with Gasteiger partial charge in [0.15, 0.2) is 18.5 Å². The number of carboxylic acid groups (broad SMARTS) is 1. The third kappa shape index (κ3) is 4.37. The molecular weight excluding hydrogens is 432 g/mol. The molecule has 2 aromatic heterocycles. The van der Waals surface area contributed by atoms with Crippen LogP contribution in [-0.4, -0.2) is 24.2 Å². The van der Waals surface area contributed by atoms with Crippen molar-refractivity contribution < 1.29 is 24.0 Å². The first-order valence-electron chi connectivity index (χ1n) is 11.2. The van der Waals surface area contributed by atoms with Crippen molar-refractivity contribution in [3.63, 3.8) is 0 Å². The van der Waals surface area contributed by atoms with Gasteiger partial charge in [0.2, 0.25) is 0 Å². The molecule has 4 aromatic rings. The Balaban J connectivity index is 1.80. The first-order chi connectivity index (χ1) is 16.3. The number of phenols is 1. The Morgan fingerprint density at radius 2 is 1.91 bits per heavy atom. The number of carbonyl (C=O) groups excluding carboxylic acids is 1. The minimum atomic E-state index is -1.26. The molecule has 0 fully saturated rings. The van der Waals surface area contributed by atoms with Gasteiger partial charge in [0, 0.05) is 36.3 Å². The Bertz CT molecular complexity index is 1480. The summed E-state index contributed by atoms with van der Waals surface area (Å²) in [6.45, 7) is 7.30. The van der Waals surface area contributed by atoms with Gasteiger partial charge in [-0.15, -0.1) is 0 Å². The van der Waals surface area contributed by atoms with Crippen molar-refractivity contribution in [2.75, 3.05) is 18.0 Å². The minimum Gasteiger partial charge on any atom is -0.544 e. The summed E-state index contributed by atoms with van der Waals surface area (Å²) in [6.07, 6.45) is 3.40. The lowest BCUT2D eigenvalue weighted by molar-refractivity contribution is -0.665. The van der Waals surface area contributed by atoms with Gasteiger partial charge in [-0.1, -0.05) is 12.1 Å². The summed E-state index contributed by atoms with van der Waals surface area (Å²) in [5.41, 5.74) is 3.32. The van der Waals surface area contributed by atoms with Crippen LogP contribution in [0.4, 0.5) is 5.69 Å². The summed E-state index contributed by atoms with van der Waals surface area (Å²) in [7, 11) is 0. The van der Waals surface area contributed by atoms with E-state index in [1.807, 2.05) is 37.3 Å². The number of para-hydroxylation sites is 1. The highest BCUT2D eigenvalue weighted by atomic mass is 16.4. The number of hydrogen-bond acceptors (Lipinski definition) is 6. The van der Waals surface area contributed by atoms with E-state index >= 15 is 0 Å². The molecule has 7 nitrogen and oxygen atoms in total. The highest BCUT2D eigenvalue weighted by Gasteiger charge is 2.17. The number of aliphatic carboxylic acids is 1. The van der Waals surface area contributed by atoms with E-state index in [0.717, 1.165) is 29.7 Å². The van der Waals surface area contributed by atoms with E-state index in [9.17, 15) is 19.8 Å². The summed E-state index contributed by atoms with van der Waals surface area (Å²) >= 11 is 0. The monoisotopic (exact) mass is 458 g/mol. The summed E-state index contributed by atoms with van der Waals surface area (Å²) < 4.78 is 7.08. The van der Waals surface area contributed by atoms with Gasteiger partial charge in [-0.05, 0) is 62.2 Å². The molecule has 0 amide bonds. The molecule has 0 bridgehead atoms. The number of hydrogen-bond donors (Lipinski definition) is 1. The van der Waals surface area contributed by atoms with Crippen LogP contribution in [0, 0.1) is 0 Å². The smallest absolute Gasteiger partial charge is 0.343 e. The van der Waals surface area contributed by atoms with Crippen LogP contribution in [0.15, 0.2) is 63.9 Å². The van der Waals surface area contributed by atoms with Crippen LogP contribution in [0.5, 0.6) is 5.75 Å². The number of aromatic nitrogens is 1. The SMILES string of the molecule is CCN(CC)c1ccc2cc(/C(C)=C/c3cc[n+](CC(=O)[O-])c4c(O)cccc34)c(=O)oc2c1. The Labute approximate surface area is 196 Å². The van der Waals surface area contributed by atoms with Gasteiger partial charge in [-0.2, -0.15) is 4.57 Å². The second kappa shape index (κ2) is 9.39. The first kappa shape index (κ1) is 23.0. The molecule has 1 N–H and O–H groups in total. The van der Waals surface area contributed by atoms with E-state index in [1.165, 1.54) is 10.6 Å². The number of carboxylic acids is 1. The average Bonchev–Trinajstić information content (AvgIpc) is 2.80. The fourth-order valence-electron chi connectivity index (χ4n) is 4.27. The zero-order chi connectivity index (χ0) is 24.4. The molecule has 4 rings (SSSR count). The second-order valence-electron chi connectivity index (χ2n) is 8.11. The van der Waals surface area contributed by atoms with Gasteiger partial charge >= 0.3 is 5.63 Å². The number of pyridine rings is 1. The molecule has 7 heteroatoms. The molecule has 0 aliphatic rings. The van der Waals surface area contributed by atoms with Crippen LogP contribution >= 0.6 is 0 Å². The molecule has 0 aliphatic carbocycles. The maximum Gasteiger partial charge on any atom is 0.343 e. The van der Waals surface area contributed by atoms with Crippen molar-refractivity contribution in [1.82, 2.24) is 0 Å². The minimum absolute atomic E-state index is 0.0409. The fourth-order valence-corrected chi connectivity index (χ4v) is 4.27. The number of allylic oxidation sites excluding steroid dienone is 1. The normalized spacial score (nSPS) is 11.8. The molecular formula is C27H26N2O5. The molecule has 2 aromatic carbocycles. The van der Waals surface area contributed by atoms with Gasteiger partial charge in [0.25, 0.3) is 5.52 Å². The summed E-state index contributed by atoms with van der Waals surface area (Å²) in [6, 6.07) is 14.4. The number of aromatic hydroxyl groups is 1. The Morgan fingerprint density at radius 3 is 2.62 bits per heavy atom. The maximum absolute atomic E-state index is 12.8. The van der Waals surface area contributed by atoms with Crippen molar-refractivity contribution in [3.05, 3.63) is 76.3 Å². The first-order valence-corrected chi connectivity index (χ1v) is 11.2. The Kier molecular flexibility index (Phi) is 6.36. The van der Waals surface area contributed by atoms with Crippen LogP contribution in [0.1, 0.15) is 31.9 Å². The highest BCUT2D eigenvalue weighted by molar-refractivity contribution is 5.95. The molecule has 0 spiro atoms. The Morgan fingerprint density at radius 1 is 1.15 bits per heavy atom. The summed E-state index contributed by atoms with van der Waals surface area (Å²) in [4.78, 5) is 26.2. The maximum atomic E-state index is 12.8. The predicted octanol–water partition coefficient (Wildman–Crippen LogP) is 3.10. The van der Waals surface area contributed by atoms with Crippen LogP contribution in [0.3, 0.4) is 0 Å². The zero-order valence-corrected chi connectivity index (χ0v) is 19.4. The number of fused-ring (bicyclic) bond motifs is 2. The molecule has 2 heterocycles. The van der Waals surface area contributed by atoms with E-state index in [4.69, 9.17) is 4.42 Å². The third-order valence-electron chi connectivity index (χ3n) is 5.99. The van der Waals surface area contributed by atoms with Crippen LogP contribution in [0.25, 0.3) is 33.5 Å². The van der Waals surface area contributed by atoms with E-state index in [-0.39, 0.29) is 12.3 Å². The average molecular weight is 459 g/mol. The molecule has 0 aliphatic heterocycles. The van der Waals surface area contributed by atoms with Crippen LogP contribution in [-0.2, 0) is 11.3 Å². The highest BCUT2D eigenvalue weighted by Crippen LogP contribution is 2.28. The summed E-state index contributed by atoms with van der Waals surface area (Å²) in [5, 5.41) is 23.0. The number of rotatable bonds is 7. The molecule has 0 unspecified atom stereocenters. The molecule has 0 saturated heterocycles. The third-order valence-corrected chi connectivity index (χ3v) is 5.99. The Hall–Kier alpha value is -4.13. The molecule has 0 atom stereocenters. The van der Waals surface area contributed by atoms with Gasteiger partial charge in [0.05, 0.1) is 10.9 Å².